The van der Waals surface area contributed by atoms with Gasteiger partial charge in [-0.15, -0.1) is 0 Å². The molecule has 0 spiro atoms. The van der Waals surface area contributed by atoms with E-state index in [-0.39, 0.29) is 5.60 Å². The van der Waals surface area contributed by atoms with Gasteiger partial charge in [-0.3, -0.25) is 0 Å². The minimum atomic E-state index is -0.0562. The molecule has 0 saturated heterocycles. The molecule has 136 valence electrons. The van der Waals surface area contributed by atoms with Crippen molar-refractivity contribution in [3.05, 3.63) is 17.7 Å². The van der Waals surface area contributed by atoms with Crippen LogP contribution in [0.4, 0.5) is 0 Å². The minimum Gasteiger partial charge on any atom is -0.487 e. The molecule has 0 N–H and O–H groups in total. The van der Waals surface area contributed by atoms with E-state index >= 15 is 0 Å². The fourth-order valence-electron chi connectivity index (χ4n) is 6.87. The van der Waals surface area contributed by atoms with Crippen molar-refractivity contribution in [2.45, 2.75) is 71.8 Å². The minimum absolute atomic E-state index is 0.0562. The molecule has 0 aromatic heterocycles. The molecule has 2 fully saturated rings. The summed E-state index contributed by atoms with van der Waals surface area (Å²) in [6.45, 7) is 10.2. The Kier molecular flexibility index (Phi) is 3.08. The molecule has 2 saturated carbocycles. The Morgan fingerprint density at radius 2 is 1.64 bits per heavy atom. The molecule has 1 aromatic rings. The zero-order chi connectivity index (χ0) is 17.4. The van der Waals surface area contributed by atoms with Gasteiger partial charge in [-0.2, -0.15) is 0 Å². The number of hydrogen-bond donors (Lipinski definition) is 0. The van der Waals surface area contributed by atoms with Crippen LogP contribution in [0, 0.1) is 22.7 Å². The van der Waals surface area contributed by atoms with Gasteiger partial charge in [0.05, 0.1) is 0 Å². The average Bonchev–Trinajstić information content (AvgIpc) is 2.97. The van der Waals surface area contributed by atoms with E-state index in [4.69, 9.17) is 14.2 Å². The predicted octanol–water partition coefficient (Wildman–Crippen LogP) is 5.35. The Morgan fingerprint density at radius 3 is 2.44 bits per heavy atom. The SMILES string of the molecule is CC1(C)CCC[C@]2(C)[C@H]3Cc4cc5c(cc4O[C@]3(C)CC[C@@H]12)OCO5. The number of rotatable bonds is 0. The third-order valence-corrected chi connectivity index (χ3v) is 8.06. The quantitative estimate of drug-likeness (QED) is 0.636. The van der Waals surface area contributed by atoms with Crippen molar-refractivity contribution in [2.75, 3.05) is 6.79 Å². The first-order chi connectivity index (χ1) is 11.8. The summed E-state index contributed by atoms with van der Waals surface area (Å²) in [5.74, 6) is 4.10. The van der Waals surface area contributed by atoms with E-state index in [9.17, 15) is 0 Å². The molecule has 0 bridgehead atoms. The normalized spacial score (nSPS) is 40.5. The highest BCUT2D eigenvalue weighted by Gasteiger charge is 2.60. The Balaban J connectivity index is 1.57. The lowest BCUT2D eigenvalue weighted by Crippen LogP contribution is -2.61. The summed E-state index contributed by atoms with van der Waals surface area (Å²) in [6.07, 6.45) is 7.61. The van der Waals surface area contributed by atoms with Gasteiger partial charge in [0, 0.05) is 12.0 Å². The third kappa shape index (κ3) is 2.10. The van der Waals surface area contributed by atoms with Gasteiger partial charge in [0.15, 0.2) is 11.5 Å². The Labute approximate surface area is 151 Å². The van der Waals surface area contributed by atoms with Crippen LogP contribution in [-0.4, -0.2) is 12.4 Å². The van der Waals surface area contributed by atoms with Gasteiger partial charge in [-0.05, 0) is 67.4 Å². The maximum absolute atomic E-state index is 6.70. The van der Waals surface area contributed by atoms with Gasteiger partial charge in [0.1, 0.15) is 11.4 Å². The van der Waals surface area contributed by atoms with Crippen LogP contribution >= 0.6 is 0 Å². The van der Waals surface area contributed by atoms with E-state index < -0.39 is 0 Å². The molecule has 4 aliphatic rings. The van der Waals surface area contributed by atoms with Gasteiger partial charge in [-0.1, -0.05) is 27.2 Å². The van der Waals surface area contributed by atoms with Gasteiger partial charge in [-0.25, -0.2) is 0 Å². The van der Waals surface area contributed by atoms with Crippen LogP contribution in [0.2, 0.25) is 0 Å². The van der Waals surface area contributed by atoms with E-state index in [0.29, 0.717) is 23.5 Å². The van der Waals surface area contributed by atoms with Crippen molar-refractivity contribution < 1.29 is 14.2 Å². The summed E-state index contributed by atoms with van der Waals surface area (Å²) < 4.78 is 17.9. The first-order valence-corrected chi connectivity index (χ1v) is 9.93. The van der Waals surface area contributed by atoms with Crippen LogP contribution in [-0.2, 0) is 6.42 Å². The van der Waals surface area contributed by atoms with Crippen molar-refractivity contribution in [1.29, 1.82) is 0 Å². The van der Waals surface area contributed by atoms with E-state index in [1.54, 1.807) is 0 Å². The summed E-state index contributed by atoms with van der Waals surface area (Å²) in [7, 11) is 0. The molecule has 2 aliphatic heterocycles. The number of benzene rings is 1. The largest absolute Gasteiger partial charge is 0.487 e. The maximum Gasteiger partial charge on any atom is 0.231 e. The molecule has 0 unspecified atom stereocenters. The lowest BCUT2D eigenvalue weighted by atomic mass is 9.44. The van der Waals surface area contributed by atoms with Gasteiger partial charge < -0.3 is 14.2 Å². The third-order valence-electron chi connectivity index (χ3n) is 8.06. The second-order valence-corrected chi connectivity index (χ2v) is 9.92. The molecule has 25 heavy (non-hydrogen) atoms. The first-order valence-electron chi connectivity index (χ1n) is 9.93. The van der Waals surface area contributed by atoms with Crippen molar-refractivity contribution >= 4 is 0 Å². The average molecular weight is 342 g/mol. The molecule has 3 heteroatoms. The Morgan fingerprint density at radius 1 is 0.880 bits per heavy atom. The molecular formula is C22H30O3. The molecule has 0 amide bonds. The summed E-state index contributed by atoms with van der Waals surface area (Å²) >= 11 is 0. The Bertz CT molecular complexity index is 724. The van der Waals surface area contributed by atoms with Crippen LogP contribution in [0.3, 0.4) is 0 Å². The van der Waals surface area contributed by atoms with Crippen molar-refractivity contribution in [2.24, 2.45) is 22.7 Å². The topological polar surface area (TPSA) is 27.7 Å². The summed E-state index contributed by atoms with van der Waals surface area (Å²) in [5.41, 5.74) is 2.06. The molecule has 5 rings (SSSR count). The molecule has 2 aliphatic carbocycles. The Hall–Kier alpha value is -1.38. The molecule has 1 aromatic carbocycles. The first kappa shape index (κ1) is 15.8. The monoisotopic (exact) mass is 342 g/mol. The van der Waals surface area contributed by atoms with E-state index in [2.05, 4.69) is 39.8 Å². The maximum atomic E-state index is 6.70. The van der Waals surface area contributed by atoms with Crippen LogP contribution in [0.1, 0.15) is 65.4 Å². The molecule has 0 radical (unpaired) electrons. The zero-order valence-electron chi connectivity index (χ0n) is 16.0. The lowest BCUT2D eigenvalue weighted by Gasteiger charge is -2.63. The van der Waals surface area contributed by atoms with E-state index in [0.717, 1.165) is 36.0 Å². The molecule has 3 nitrogen and oxygen atoms in total. The highest BCUT2D eigenvalue weighted by atomic mass is 16.7. The van der Waals surface area contributed by atoms with E-state index in [1.165, 1.54) is 31.2 Å². The van der Waals surface area contributed by atoms with Crippen LogP contribution in [0.5, 0.6) is 17.2 Å². The summed E-state index contributed by atoms with van der Waals surface area (Å²) in [5, 5.41) is 0. The van der Waals surface area contributed by atoms with Gasteiger partial charge >= 0.3 is 0 Å². The summed E-state index contributed by atoms with van der Waals surface area (Å²) in [6, 6.07) is 4.22. The highest BCUT2D eigenvalue weighted by molar-refractivity contribution is 5.53. The van der Waals surface area contributed by atoms with Crippen molar-refractivity contribution in [3.8, 4) is 17.2 Å². The number of ether oxygens (including phenoxy) is 3. The highest BCUT2D eigenvalue weighted by Crippen LogP contribution is 2.64. The predicted molar refractivity (Wildman–Crippen MR) is 97.3 cm³/mol. The van der Waals surface area contributed by atoms with Crippen LogP contribution in [0.25, 0.3) is 0 Å². The fourth-order valence-corrected chi connectivity index (χ4v) is 6.87. The lowest BCUT2D eigenvalue weighted by molar-refractivity contribution is -0.162. The van der Waals surface area contributed by atoms with Crippen molar-refractivity contribution in [1.82, 2.24) is 0 Å². The number of hydrogen-bond acceptors (Lipinski definition) is 3. The fraction of sp³-hybridized carbons (Fsp3) is 0.727. The van der Waals surface area contributed by atoms with Crippen LogP contribution in [0.15, 0.2) is 12.1 Å². The summed E-state index contributed by atoms with van der Waals surface area (Å²) in [4.78, 5) is 0. The standard InChI is InChI=1S/C22H30O3/c1-20(2)7-5-8-21(3)18(20)6-9-22(4)19(21)11-14-10-16-17(24-13-23-16)12-15(14)25-22/h10,12,18-19H,5-9,11,13H2,1-4H3/t18-,19+,21-,22+/m0/s1. The second-order valence-electron chi connectivity index (χ2n) is 9.92. The zero-order valence-corrected chi connectivity index (χ0v) is 16.0. The van der Waals surface area contributed by atoms with Crippen LogP contribution < -0.4 is 14.2 Å². The molecule has 4 atom stereocenters. The molecular weight excluding hydrogens is 312 g/mol. The second kappa shape index (κ2) is 4.86. The number of fused-ring (bicyclic) bond motifs is 5. The van der Waals surface area contributed by atoms with Gasteiger partial charge in [0.25, 0.3) is 0 Å². The van der Waals surface area contributed by atoms with Gasteiger partial charge in [0.2, 0.25) is 6.79 Å². The van der Waals surface area contributed by atoms with E-state index in [1.807, 2.05) is 0 Å². The molecule has 2 heterocycles. The van der Waals surface area contributed by atoms with Crippen molar-refractivity contribution in [3.63, 3.8) is 0 Å². The smallest absolute Gasteiger partial charge is 0.231 e.